The van der Waals surface area contributed by atoms with Crippen LogP contribution in [-0.4, -0.2) is 43.2 Å². The molecule has 0 unspecified atom stereocenters. The van der Waals surface area contributed by atoms with Crippen molar-refractivity contribution in [2.24, 2.45) is 0 Å². The highest BCUT2D eigenvalue weighted by Gasteiger charge is 2.21. The molecule has 0 saturated carbocycles. The number of fused-ring (bicyclic) bond motifs is 1. The highest BCUT2D eigenvalue weighted by atomic mass is 16.5. The Morgan fingerprint density at radius 3 is 2.62 bits per heavy atom. The number of imide groups is 1. The molecule has 0 aliphatic rings. The molecule has 2 aromatic rings. The molecule has 0 aliphatic carbocycles. The number of hydrogen-bond donors (Lipinski definition) is 2. The molecular formula is C18H21N3O5. The van der Waals surface area contributed by atoms with Crippen LogP contribution in [0, 0.1) is 6.92 Å². The summed E-state index contributed by atoms with van der Waals surface area (Å²) in [6.45, 7) is 3.43. The number of carbonyl (C=O) groups is 3. The van der Waals surface area contributed by atoms with Gasteiger partial charge in [-0.1, -0.05) is 18.2 Å². The molecule has 26 heavy (non-hydrogen) atoms. The summed E-state index contributed by atoms with van der Waals surface area (Å²) >= 11 is 0. The Morgan fingerprint density at radius 2 is 1.92 bits per heavy atom. The van der Waals surface area contributed by atoms with Gasteiger partial charge < -0.3 is 14.8 Å². The summed E-state index contributed by atoms with van der Waals surface area (Å²) in [7, 11) is 1.50. The minimum Gasteiger partial charge on any atom is -0.452 e. The summed E-state index contributed by atoms with van der Waals surface area (Å²) in [5, 5.41) is 5.29. The van der Waals surface area contributed by atoms with E-state index in [1.807, 2.05) is 24.3 Å². The van der Waals surface area contributed by atoms with Gasteiger partial charge in [-0.15, -0.1) is 0 Å². The molecule has 138 valence electrons. The molecule has 8 heteroatoms. The molecule has 1 aromatic heterocycles. The van der Waals surface area contributed by atoms with E-state index in [9.17, 15) is 14.4 Å². The predicted octanol–water partition coefficient (Wildman–Crippen LogP) is 1.69. The molecule has 0 aliphatic heterocycles. The summed E-state index contributed by atoms with van der Waals surface area (Å²) in [5.74, 6) is -1.41. The van der Waals surface area contributed by atoms with Crippen LogP contribution < -0.4 is 10.6 Å². The van der Waals surface area contributed by atoms with E-state index in [0.29, 0.717) is 17.8 Å². The van der Waals surface area contributed by atoms with Crippen molar-refractivity contribution in [3.8, 4) is 0 Å². The number of nitrogens with zero attached hydrogens (tertiary/aromatic N) is 1. The molecule has 1 heterocycles. The van der Waals surface area contributed by atoms with Crippen LogP contribution in [0.25, 0.3) is 10.9 Å². The number of amides is 3. The van der Waals surface area contributed by atoms with Crippen LogP contribution in [0.3, 0.4) is 0 Å². The fourth-order valence-electron chi connectivity index (χ4n) is 2.52. The Hall–Kier alpha value is -3.00. The Labute approximate surface area is 150 Å². The zero-order valence-corrected chi connectivity index (χ0v) is 14.9. The van der Waals surface area contributed by atoms with Gasteiger partial charge in [0.15, 0.2) is 6.61 Å². The van der Waals surface area contributed by atoms with Gasteiger partial charge in [-0.05, 0) is 25.5 Å². The number of aromatic nitrogens is 1. The van der Waals surface area contributed by atoms with E-state index in [-0.39, 0.29) is 12.2 Å². The molecule has 3 amide bonds. The van der Waals surface area contributed by atoms with Crippen molar-refractivity contribution in [2.45, 2.75) is 20.5 Å². The zero-order valence-electron chi connectivity index (χ0n) is 14.9. The lowest BCUT2D eigenvalue weighted by Gasteiger charge is -2.13. The molecule has 0 bridgehead atoms. The van der Waals surface area contributed by atoms with E-state index < -0.39 is 24.5 Å². The van der Waals surface area contributed by atoms with Gasteiger partial charge in [0.1, 0.15) is 0 Å². The molecule has 0 spiro atoms. The van der Waals surface area contributed by atoms with Crippen molar-refractivity contribution in [3.63, 3.8) is 0 Å². The molecule has 2 rings (SSSR count). The average Bonchev–Trinajstić information content (AvgIpc) is 2.60. The van der Waals surface area contributed by atoms with Gasteiger partial charge in [-0.2, -0.15) is 0 Å². The maximum atomic E-state index is 12.5. The topological polar surface area (TPSA) is 107 Å². The number of benzene rings is 1. The third-order valence-corrected chi connectivity index (χ3v) is 3.64. The number of pyridine rings is 1. The van der Waals surface area contributed by atoms with Crippen molar-refractivity contribution in [2.75, 3.05) is 20.3 Å². The maximum absolute atomic E-state index is 12.5. The minimum absolute atomic E-state index is 0.126. The smallest absolute Gasteiger partial charge is 0.340 e. The van der Waals surface area contributed by atoms with Crippen molar-refractivity contribution in [1.82, 2.24) is 15.6 Å². The second-order valence-electron chi connectivity index (χ2n) is 5.49. The van der Waals surface area contributed by atoms with Crippen LogP contribution in [0.1, 0.15) is 28.5 Å². The molecule has 1 aromatic carbocycles. The van der Waals surface area contributed by atoms with E-state index in [1.54, 1.807) is 13.8 Å². The summed E-state index contributed by atoms with van der Waals surface area (Å²) in [6.07, 6.45) is 0. The van der Waals surface area contributed by atoms with Gasteiger partial charge in [-0.3, -0.25) is 10.1 Å². The average molecular weight is 359 g/mol. The SMILES string of the molecule is CCNC(=O)NC(=O)COC(=O)c1c(COC)nc2ccccc2c1C. The fraction of sp³-hybridized carbons (Fsp3) is 0.333. The van der Waals surface area contributed by atoms with E-state index in [2.05, 4.69) is 15.6 Å². The lowest BCUT2D eigenvalue weighted by atomic mass is 10.0. The zero-order chi connectivity index (χ0) is 19.1. The second kappa shape index (κ2) is 8.91. The number of rotatable bonds is 6. The van der Waals surface area contributed by atoms with Crippen molar-refractivity contribution in [1.29, 1.82) is 0 Å². The molecule has 2 N–H and O–H groups in total. The lowest BCUT2D eigenvalue weighted by molar-refractivity contribution is -0.123. The first-order valence-electron chi connectivity index (χ1n) is 8.09. The molecule has 0 saturated heterocycles. The number of ether oxygens (including phenoxy) is 2. The monoisotopic (exact) mass is 359 g/mol. The number of esters is 1. The number of methoxy groups -OCH3 is 1. The van der Waals surface area contributed by atoms with Crippen molar-refractivity contribution < 1.29 is 23.9 Å². The van der Waals surface area contributed by atoms with E-state index >= 15 is 0 Å². The maximum Gasteiger partial charge on any atom is 0.340 e. The Bertz CT molecular complexity index is 835. The lowest BCUT2D eigenvalue weighted by Crippen LogP contribution is -2.41. The Kier molecular flexibility index (Phi) is 6.62. The summed E-state index contributed by atoms with van der Waals surface area (Å²) in [6, 6.07) is 6.76. The fourth-order valence-corrected chi connectivity index (χ4v) is 2.52. The van der Waals surface area contributed by atoms with Crippen LogP contribution in [0.4, 0.5) is 4.79 Å². The number of aryl methyl sites for hydroxylation is 1. The standard InChI is InChI=1S/C18H21N3O5/c1-4-19-18(24)21-15(22)10-26-17(23)16-11(2)12-7-5-6-8-13(12)20-14(16)9-25-3/h5-8H,4,9-10H2,1-3H3,(H2,19,21,22,24). The van der Waals surface area contributed by atoms with Crippen LogP contribution in [0.2, 0.25) is 0 Å². The number of nitrogens with one attached hydrogen (secondary N) is 2. The van der Waals surface area contributed by atoms with Gasteiger partial charge in [0, 0.05) is 19.0 Å². The van der Waals surface area contributed by atoms with Gasteiger partial charge in [0.05, 0.1) is 23.4 Å². The Balaban J connectivity index is 2.20. The molecule has 0 atom stereocenters. The first-order valence-corrected chi connectivity index (χ1v) is 8.09. The van der Waals surface area contributed by atoms with Crippen molar-refractivity contribution in [3.05, 3.63) is 41.1 Å². The molecule has 8 nitrogen and oxygen atoms in total. The third kappa shape index (κ3) is 4.54. The van der Waals surface area contributed by atoms with E-state index in [0.717, 1.165) is 10.9 Å². The van der Waals surface area contributed by atoms with Crippen LogP contribution >= 0.6 is 0 Å². The highest BCUT2D eigenvalue weighted by Crippen LogP contribution is 2.24. The van der Waals surface area contributed by atoms with E-state index in [1.165, 1.54) is 7.11 Å². The van der Waals surface area contributed by atoms with Gasteiger partial charge in [0.2, 0.25) is 0 Å². The minimum atomic E-state index is -0.719. The quantitative estimate of drug-likeness (QED) is 0.760. The molecule has 0 fully saturated rings. The number of carbonyl (C=O) groups excluding carboxylic acids is 3. The van der Waals surface area contributed by atoms with E-state index in [4.69, 9.17) is 9.47 Å². The van der Waals surface area contributed by atoms with Gasteiger partial charge in [0.25, 0.3) is 5.91 Å². The van der Waals surface area contributed by atoms with Gasteiger partial charge >= 0.3 is 12.0 Å². The molecular weight excluding hydrogens is 338 g/mol. The number of urea groups is 1. The second-order valence-corrected chi connectivity index (χ2v) is 5.49. The Morgan fingerprint density at radius 1 is 1.19 bits per heavy atom. The van der Waals surface area contributed by atoms with Crippen molar-refractivity contribution >= 4 is 28.8 Å². The summed E-state index contributed by atoms with van der Waals surface area (Å²) < 4.78 is 10.2. The molecule has 0 radical (unpaired) electrons. The highest BCUT2D eigenvalue weighted by molar-refractivity contribution is 6.00. The predicted molar refractivity (Wildman–Crippen MR) is 94.7 cm³/mol. The summed E-state index contributed by atoms with van der Waals surface area (Å²) in [5.41, 5.74) is 2.12. The largest absolute Gasteiger partial charge is 0.452 e. The number of para-hydroxylation sites is 1. The normalized spacial score (nSPS) is 10.4. The van der Waals surface area contributed by atoms with Crippen LogP contribution in [-0.2, 0) is 20.9 Å². The number of hydrogen-bond acceptors (Lipinski definition) is 6. The first kappa shape index (κ1) is 19.3. The third-order valence-electron chi connectivity index (χ3n) is 3.64. The first-order chi connectivity index (χ1) is 12.5. The summed E-state index contributed by atoms with van der Waals surface area (Å²) in [4.78, 5) is 40.0. The van der Waals surface area contributed by atoms with Gasteiger partial charge in [-0.25, -0.2) is 14.6 Å². The van der Waals surface area contributed by atoms with Crippen LogP contribution in [0.15, 0.2) is 24.3 Å². The van der Waals surface area contributed by atoms with Crippen LogP contribution in [0.5, 0.6) is 0 Å².